The van der Waals surface area contributed by atoms with E-state index in [0.29, 0.717) is 11.3 Å². The fourth-order valence-electron chi connectivity index (χ4n) is 3.91. The van der Waals surface area contributed by atoms with Crippen LogP contribution < -0.4 is 5.43 Å². The van der Waals surface area contributed by atoms with Crippen molar-refractivity contribution < 1.29 is 8.42 Å². The Hall–Kier alpha value is -3.19. The quantitative estimate of drug-likeness (QED) is 0.379. The molecule has 5 nitrogen and oxygen atoms in total. The summed E-state index contributed by atoms with van der Waals surface area (Å²) in [5, 5.41) is 1.16. The molecule has 1 aliphatic heterocycles. The van der Waals surface area contributed by atoms with Crippen LogP contribution in [-0.4, -0.2) is 17.8 Å². The maximum Gasteiger partial charge on any atom is 0.260 e. The molecule has 0 amide bonds. The largest absolute Gasteiger partial charge is 0.304 e. The molecule has 5 rings (SSSR count). The van der Waals surface area contributed by atoms with Crippen LogP contribution in [0.25, 0.3) is 16.6 Å². The predicted molar refractivity (Wildman–Crippen MR) is 132 cm³/mol. The highest BCUT2D eigenvalue weighted by molar-refractivity contribution is 7.89. The van der Waals surface area contributed by atoms with E-state index in [-0.39, 0.29) is 10.0 Å². The smallest absolute Gasteiger partial charge is 0.260 e. The number of halogens is 1. The van der Waals surface area contributed by atoms with Crippen LogP contribution >= 0.6 is 11.6 Å². The fraction of sp³-hybridized carbons (Fsp3) is 0.115. The van der Waals surface area contributed by atoms with Crippen LogP contribution in [0.1, 0.15) is 28.3 Å². The third-order valence-electron chi connectivity index (χ3n) is 5.77. The Bertz CT molecular complexity index is 1480. The summed E-state index contributed by atoms with van der Waals surface area (Å²) in [6.07, 6.45) is 1.88. The summed E-state index contributed by atoms with van der Waals surface area (Å²) < 4.78 is 28.7. The van der Waals surface area contributed by atoms with Gasteiger partial charge in [-0.05, 0) is 49.8 Å². The van der Waals surface area contributed by atoms with Gasteiger partial charge in [0.05, 0.1) is 22.2 Å². The normalized spacial score (nSPS) is 16.6. The highest BCUT2D eigenvalue weighted by Crippen LogP contribution is 2.38. The number of hydrazine groups is 1. The van der Waals surface area contributed by atoms with Crippen LogP contribution in [0.15, 0.2) is 89.8 Å². The summed E-state index contributed by atoms with van der Waals surface area (Å²) in [5.41, 5.74) is 8.18. The van der Waals surface area contributed by atoms with Gasteiger partial charge in [0.1, 0.15) is 5.15 Å². The summed E-state index contributed by atoms with van der Waals surface area (Å²) in [5.74, 6) is 0. The van der Waals surface area contributed by atoms with Crippen LogP contribution in [0, 0.1) is 13.8 Å². The number of sulfonamides is 1. The molecule has 1 N–H and O–H groups in total. The molecule has 0 spiro atoms. The lowest BCUT2D eigenvalue weighted by atomic mass is 10.0. The molecule has 1 aliphatic rings. The first-order valence-corrected chi connectivity index (χ1v) is 12.4. The minimum absolute atomic E-state index is 0.203. The summed E-state index contributed by atoms with van der Waals surface area (Å²) in [7, 11) is -3.89. The monoisotopic (exact) mass is 475 g/mol. The van der Waals surface area contributed by atoms with Crippen LogP contribution in [-0.2, 0) is 10.0 Å². The highest BCUT2D eigenvalue weighted by atomic mass is 35.5. The molecule has 33 heavy (non-hydrogen) atoms. The summed E-state index contributed by atoms with van der Waals surface area (Å²) in [4.78, 5) is 4.72. The molecule has 0 aliphatic carbocycles. The zero-order chi connectivity index (χ0) is 23.2. The van der Waals surface area contributed by atoms with E-state index in [2.05, 4.69) is 10.4 Å². The molecular weight excluding hydrogens is 454 g/mol. The Morgan fingerprint density at radius 2 is 1.55 bits per heavy atom. The van der Waals surface area contributed by atoms with E-state index < -0.39 is 16.1 Å². The fourth-order valence-corrected chi connectivity index (χ4v) is 5.57. The second-order valence-corrected chi connectivity index (χ2v) is 10.4. The number of aryl methyl sites for hydroxylation is 2. The number of nitrogens with one attached hydrogen (secondary N) is 1. The lowest BCUT2D eigenvalue weighted by Crippen LogP contribution is -2.39. The van der Waals surface area contributed by atoms with E-state index in [1.165, 1.54) is 4.41 Å². The van der Waals surface area contributed by atoms with Crippen molar-refractivity contribution in [1.29, 1.82) is 0 Å². The molecule has 0 saturated carbocycles. The number of para-hydroxylation sites is 1. The van der Waals surface area contributed by atoms with E-state index in [0.717, 1.165) is 27.6 Å². The summed E-state index contributed by atoms with van der Waals surface area (Å²) in [6, 6.07) is 23.6. The van der Waals surface area contributed by atoms with Crippen molar-refractivity contribution in [2.24, 2.45) is 0 Å². The molecule has 0 bridgehead atoms. The number of aromatic nitrogens is 1. The van der Waals surface area contributed by atoms with Crippen molar-refractivity contribution in [1.82, 2.24) is 14.8 Å². The van der Waals surface area contributed by atoms with Gasteiger partial charge < -0.3 is 5.43 Å². The van der Waals surface area contributed by atoms with Crippen molar-refractivity contribution in [3.05, 3.63) is 112 Å². The van der Waals surface area contributed by atoms with E-state index in [1.807, 2.05) is 74.5 Å². The van der Waals surface area contributed by atoms with Crippen molar-refractivity contribution in [2.75, 3.05) is 0 Å². The Morgan fingerprint density at radius 1 is 0.909 bits per heavy atom. The molecule has 0 saturated heterocycles. The summed E-state index contributed by atoms with van der Waals surface area (Å²) in [6.45, 7) is 3.93. The first-order chi connectivity index (χ1) is 15.8. The number of hydrogen-bond acceptors (Lipinski definition) is 4. The molecule has 0 unspecified atom stereocenters. The first kappa shape index (κ1) is 21.6. The van der Waals surface area contributed by atoms with E-state index in [4.69, 9.17) is 11.6 Å². The topological polar surface area (TPSA) is 62.3 Å². The van der Waals surface area contributed by atoms with Gasteiger partial charge in [0.2, 0.25) is 0 Å². The molecule has 7 heteroatoms. The standard InChI is InChI=1S/C26H22ClN3O2S/c1-17-7-11-19(12-8-17)24-16-25(22-15-20-5-3-4-6-23(20)28-26(22)27)30(29-24)33(31,32)21-13-9-18(2)10-14-21/h3-16,25,29H,1-2H3/t25-/m1/s1. The molecule has 1 atom stereocenters. The molecule has 1 aromatic heterocycles. The Morgan fingerprint density at radius 3 is 2.24 bits per heavy atom. The molecule has 0 radical (unpaired) electrons. The van der Waals surface area contributed by atoms with Gasteiger partial charge in [0.15, 0.2) is 0 Å². The van der Waals surface area contributed by atoms with Gasteiger partial charge in [-0.15, -0.1) is 4.41 Å². The van der Waals surface area contributed by atoms with Crippen LogP contribution in [0.5, 0.6) is 0 Å². The maximum absolute atomic E-state index is 13.7. The molecule has 4 aromatic rings. The van der Waals surface area contributed by atoms with Crippen molar-refractivity contribution in [3.8, 4) is 0 Å². The lowest BCUT2D eigenvalue weighted by molar-refractivity contribution is 0.348. The minimum atomic E-state index is -3.89. The molecular formula is C26H22ClN3O2S. The van der Waals surface area contributed by atoms with Gasteiger partial charge >= 0.3 is 0 Å². The zero-order valence-electron chi connectivity index (χ0n) is 18.2. The predicted octanol–water partition coefficient (Wildman–Crippen LogP) is 5.80. The van der Waals surface area contributed by atoms with Crippen LogP contribution in [0.3, 0.4) is 0 Å². The van der Waals surface area contributed by atoms with Crippen molar-refractivity contribution in [3.63, 3.8) is 0 Å². The second kappa shape index (κ2) is 8.30. The van der Waals surface area contributed by atoms with Gasteiger partial charge in [-0.25, -0.2) is 13.4 Å². The van der Waals surface area contributed by atoms with E-state index in [9.17, 15) is 8.42 Å². The van der Waals surface area contributed by atoms with Gasteiger partial charge in [-0.3, -0.25) is 0 Å². The average molecular weight is 476 g/mol. The van der Waals surface area contributed by atoms with Crippen molar-refractivity contribution >= 4 is 38.2 Å². The highest BCUT2D eigenvalue weighted by Gasteiger charge is 2.38. The summed E-state index contributed by atoms with van der Waals surface area (Å²) >= 11 is 6.59. The Kier molecular flexibility index (Phi) is 5.44. The van der Waals surface area contributed by atoms with Gasteiger partial charge in [-0.1, -0.05) is 77.3 Å². The Balaban J connectivity index is 1.65. The van der Waals surface area contributed by atoms with E-state index in [1.54, 1.807) is 24.3 Å². The van der Waals surface area contributed by atoms with Crippen LogP contribution in [0.4, 0.5) is 0 Å². The van der Waals surface area contributed by atoms with Gasteiger partial charge in [0.25, 0.3) is 10.0 Å². The maximum atomic E-state index is 13.7. The first-order valence-electron chi connectivity index (χ1n) is 10.5. The third kappa shape index (κ3) is 4.02. The van der Waals surface area contributed by atoms with Gasteiger partial charge in [0, 0.05) is 10.9 Å². The molecule has 3 aromatic carbocycles. The number of rotatable bonds is 4. The second-order valence-electron chi connectivity index (χ2n) is 8.18. The number of nitrogens with zero attached hydrogens (tertiary/aromatic N) is 2. The molecule has 166 valence electrons. The van der Waals surface area contributed by atoms with Gasteiger partial charge in [-0.2, -0.15) is 0 Å². The number of hydrogen-bond donors (Lipinski definition) is 1. The van der Waals surface area contributed by atoms with Crippen LogP contribution in [0.2, 0.25) is 5.15 Å². The minimum Gasteiger partial charge on any atom is -0.304 e. The number of benzene rings is 3. The molecule has 2 heterocycles. The SMILES string of the molecule is Cc1ccc(C2=C[C@H](c3cc4ccccc4nc3Cl)N(S(=O)(=O)c3ccc(C)cc3)N2)cc1. The average Bonchev–Trinajstić information content (AvgIpc) is 3.25. The zero-order valence-corrected chi connectivity index (χ0v) is 19.7. The third-order valence-corrected chi connectivity index (χ3v) is 7.78. The van der Waals surface area contributed by atoms with Crippen molar-refractivity contribution in [2.45, 2.75) is 24.8 Å². The lowest BCUT2D eigenvalue weighted by Gasteiger charge is -2.25. The van der Waals surface area contributed by atoms with E-state index >= 15 is 0 Å². The Labute approximate surface area is 198 Å². The number of fused-ring (bicyclic) bond motifs is 1. The number of pyridine rings is 1. The molecule has 0 fully saturated rings.